The largest absolute Gasteiger partial charge is 0.352 e. The van der Waals surface area contributed by atoms with Crippen LogP contribution in [0.25, 0.3) is 0 Å². The van der Waals surface area contributed by atoms with Gasteiger partial charge in [-0.2, -0.15) is 0 Å². The zero-order chi connectivity index (χ0) is 16.2. The molecule has 3 aliphatic heterocycles. The molecule has 0 aromatic heterocycles. The summed E-state index contributed by atoms with van der Waals surface area (Å²) in [7, 11) is 0. The molecule has 2 bridgehead atoms. The Labute approximate surface area is 139 Å². The SMILES string of the molecule is CCCC(=O)NC1CCCN(C(=O)CC2CC3CCC(C2)N3)C1. The van der Waals surface area contributed by atoms with E-state index in [1.165, 1.54) is 12.8 Å². The molecule has 3 atom stereocenters. The number of hydrogen-bond acceptors (Lipinski definition) is 3. The standard InChI is InChI=1S/C18H31N3O2/c1-2-4-17(22)20-16-5-3-8-21(12-16)18(23)11-13-9-14-6-7-15(10-13)19-14/h13-16,19H,2-12H2,1H3,(H,20,22). The average Bonchev–Trinajstić information content (AvgIpc) is 2.86. The molecule has 3 unspecified atom stereocenters. The van der Waals surface area contributed by atoms with Gasteiger partial charge in [-0.15, -0.1) is 0 Å². The minimum Gasteiger partial charge on any atom is -0.352 e. The van der Waals surface area contributed by atoms with Gasteiger partial charge in [0.25, 0.3) is 0 Å². The van der Waals surface area contributed by atoms with Crippen LogP contribution in [0.1, 0.15) is 64.7 Å². The molecule has 130 valence electrons. The van der Waals surface area contributed by atoms with E-state index in [-0.39, 0.29) is 11.9 Å². The molecule has 3 heterocycles. The van der Waals surface area contributed by atoms with E-state index >= 15 is 0 Å². The van der Waals surface area contributed by atoms with Crippen molar-refractivity contribution in [2.45, 2.75) is 82.8 Å². The van der Waals surface area contributed by atoms with Crippen LogP contribution in [-0.4, -0.2) is 47.9 Å². The Balaban J connectivity index is 1.46. The Hall–Kier alpha value is -1.10. The van der Waals surface area contributed by atoms with Crippen LogP contribution in [0.4, 0.5) is 0 Å². The molecule has 2 N–H and O–H groups in total. The number of nitrogens with one attached hydrogen (secondary N) is 2. The summed E-state index contributed by atoms with van der Waals surface area (Å²) in [5.41, 5.74) is 0. The van der Waals surface area contributed by atoms with Gasteiger partial charge in [0.1, 0.15) is 0 Å². The highest BCUT2D eigenvalue weighted by Gasteiger charge is 2.35. The summed E-state index contributed by atoms with van der Waals surface area (Å²) in [4.78, 5) is 26.4. The maximum atomic E-state index is 12.6. The van der Waals surface area contributed by atoms with E-state index in [2.05, 4.69) is 10.6 Å². The molecule has 0 saturated carbocycles. The lowest BCUT2D eigenvalue weighted by Gasteiger charge is -2.35. The van der Waals surface area contributed by atoms with E-state index in [0.717, 1.165) is 38.6 Å². The molecule has 3 saturated heterocycles. The fourth-order valence-corrected chi connectivity index (χ4v) is 4.57. The molecule has 5 heteroatoms. The number of carbonyl (C=O) groups excluding carboxylic acids is 2. The second-order valence-electron chi connectivity index (χ2n) is 7.68. The number of carbonyl (C=O) groups is 2. The first-order valence-electron chi connectivity index (χ1n) is 9.47. The second kappa shape index (κ2) is 7.65. The van der Waals surface area contributed by atoms with Crippen LogP contribution < -0.4 is 10.6 Å². The third-order valence-corrected chi connectivity index (χ3v) is 5.65. The normalized spacial score (nSPS) is 33.5. The van der Waals surface area contributed by atoms with E-state index in [0.29, 0.717) is 43.3 Å². The van der Waals surface area contributed by atoms with Gasteiger partial charge in [0.05, 0.1) is 0 Å². The minimum absolute atomic E-state index is 0.127. The van der Waals surface area contributed by atoms with Crippen LogP contribution in [0.2, 0.25) is 0 Å². The number of nitrogens with zero attached hydrogens (tertiary/aromatic N) is 1. The topological polar surface area (TPSA) is 61.4 Å². The highest BCUT2D eigenvalue weighted by molar-refractivity contribution is 5.78. The third-order valence-electron chi connectivity index (χ3n) is 5.65. The molecule has 3 rings (SSSR count). The quantitative estimate of drug-likeness (QED) is 0.812. The first-order valence-corrected chi connectivity index (χ1v) is 9.47. The molecule has 0 aromatic rings. The van der Waals surface area contributed by atoms with Crippen molar-refractivity contribution in [3.05, 3.63) is 0 Å². The van der Waals surface area contributed by atoms with Crippen molar-refractivity contribution in [2.75, 3.05) is 13.1 Å². The Morgan fingerprint density at radius 2 is 1.91 bits per heavy atom. The first kappa shape index (κ1) is 16.7. The third kappa shape index (κ3) is 4.46. The van der Waals surface area contributed by atoms with Gasteiger partial charge < -0.3 is 15.5 Å². The fourth-order valence-electron chi connectivity index (χ4n) is 4.57. The van der Waals surface area contributed by atoms with E-state index in [4.69, 9.17) is 0 Å². The lowest BCUT2D eigenvalue weighted by molar-refractivity contribution is -0.134. The van der Waals surface area contributed by atoms with Crippen LogP contribution in [0.3, 0.4) is 0 Å². The predicted molar refractivity (Wildman–Crippen MR) is 89.9 cm³/mol. The van der Waals surface area contributed by atoms with Crippen molar-refractivity contribution in [1.29, 1.82) is 0 Å². The number of amides is 2. The summed E-state index contributed by atoms with van der Waals surface area (Å²) in [6.07, 6.45) is 9.04. The number of hydrogen-bond donors (Lipinski definition) is 2. The highest BCUT2D eigenvalue weighted by Crippen LogP contribution is 2.33. The molecular formula is C18H31N3O2. The molecular weight excluding hydrogens is 290 g/mol. The Bertz CT molecular complexity index is 428. The van der Waals surface area contributed by atoms with Crippen molar-refractivity contribution in [3.63, 3.8) is 0 Å². The van der Waals surface area contributed by atoms with Crippen LogP contribution in [0.5, 0.6) is 0 Å². The molecule has 0 aromatic carbocycles. The summed E-state index contributed by atoms with van der Waals surface area (Å²) >= 11 is 0. The lowest BCUT2D eigenvalue weighted by atomic mass is 9.89. The maximum absolute atomic E-state index is 12.6. The Morgan fingerprint density at radius 1 is 1.17 bits per heavy atom. The Kier molecular flexibility index (Phi) is 5.57. The van der Waals surface area contributed by atoms with Gasteiger partial charge in [0.2, 0.25) is 11.8 Å². The maximum Gasteiger partial charge on any atom is 0.222 e. The molecule has 2 amide bonds. The average molecular weight is 321 g/mol. The molecule has 23 heavy (non-hydrogen) atoms. The van der Waals surface area contributed by atoms with Gasteiger partial charge in [0.15, 0.2) is 0 Å². The predicted octanol–water partition coefficient (Wildman–Crippen LogP) is 1.81. The number of rotatable bonds is 5. The van der Waals surface area contributed by atoms with E-state index in [1.54, 1.807) is 0 Å². The monoisotopic (exact) mass is 321 g/mol. The van der Waals surface area contributed by atoms with E-state index in [1.807, 2.05) is 11.8 Å². The second-order valence-corrected chi connectivity index (χ2v) is 7.68. The van der Waals surface area contributed by atoms with Gasteiger partial charge in [-0.1, -0.05) is 6.92 Å². The smallest absolute Gasteiger partial charge is 0.222 e. The highest BCUT2D eigenvalue weighted by atomic mass is 16.2. The van der Waals surface area contributed by atoms with Crippen molar-refractivity contribution in [1.82, 2.24) is 15.5 Å². The molecule has 3 fully saturated rings. The van der Waals surface area contributed by atoms with Gasteiger partial charge in [-0.05, 0) is 50.9 Å². The molecule has 5 nitrogen and oxygen atoms in total. The number of fused-ring (bicyclic) bond motifs is 2. The van der Waals surface area contributed by atoms with Gasteiger partial charge in [-0.25, -0.2) is 0 Å². The van der Waals surface area contributed by atoms with Gasteiger partial charge >= 0.3 is 0 Å². The van der Waals surface area contributed by atoms with Crippen molar-refractivity contribution in [2.24, 2.45) is 5.92 Å². The van der Waals surface area contributed by atoms with Crippen LogP contribution in [0.15, 0.2) is 0 Å². The molecule has 0 spiro atoms. The summed E-state index contributed by atoms with van der Waals surface area (Å²) in [6.45, 7) is 3.57. The first-order chi connectivity index (χ1) is 11.1. The molecule has 0 radical (unpaired) electrons. The van der Waals surface area contributed by atoms with Crippen LogP contribution in [-0.2, 0) is 9.59 Å². The zero-order valence-corrected chi connectivity index (χ0v) is 14.4. The van der Waals surface area contributed by atoms with E-state index < -0.39 is 0 Å². The summed E-state index contributed by atoms with van der Waals surface area (Å²) in [5, 5.41) is 6.73. The van der Waals surface area contributed by atoms with Crippen molar-refractivity contribution in [3.8, 4) is 0 Å². The summed E-state index contributed by atoms with van der Waals surface area (Å²) < 4.78 is 0. The van der Waals surface area contributed by atoms with E-state index in [9.17, 15) is 9.59 Å². The summed E-state index contributed by atoms with van der Waals surface area (Å²) in [6, 6.07) is 1.44. The number of likely N-dealkylation sites (tertiary alicyclic amines) is 1. The fraction of sp³-hybridized carbons (Fsp3) is 0.889. The Morgan fingerprint density at radius 3 is 2.61 bits per heavy atom. The van der Waals surface area contributed by atoms with Crippen molar-refractivity contribution >= 4 is 11.8 Å². The molecule has 0 aliphatic carbocycles. The van der Waals surface area contributed by atoms with Crippen LogP contribution in [0, 0.1) is 5.92 Å². The van der Waals surface area contributed by atoms with Gasteiger partial charge in [0, 0.05) is 44.1 Å². The number of piperidine rings is 2. The van der Waals surface area contributed by atoms with Gasteiger partial charge in [-0.3, -0.25) is 9.59 Å². The van der Waals surface area contributed by atoms with Crippen LogP contribution >= 0.6 is 0 Å². The minimum atomic E-state index is 0.127. The molecule has 3 aliphatic rings. The zero-order valence-electron chi connectivity index (χ0n) is 14.4. The lowest BCUT2D eigenvalue weighted by Crippen LogP contribution is -2.50. The van der Waals surface area contributed by atoms with Crippen molar-refractivity contribution < 1.29 is 9.59 Å². The summed E-state index contributed by atoms with van der Waals surface area (Å²) in [5.74, 6) is 0.976.